The molecule has 150 valence electrons. The Hall–Kier alpha value is -3.35. The Bertz CT molecular complexity index is 1340. The highest BCUT2D eigenvalue weighted by atomic mass is 19.1. The molecule has 0 spiro atoms. The third kappa shape index (κ3) is 3.54. The van der Waals surface area contributed by atoms with Crippen LogP contribution in [-0.2, 0) is 7.05 Å². The second-order valence-corrected chi connectivity index (χ2v) is 7.88. The molecule has 1 N–H and O–H groups in total. The molecular weight excluding hydrogens is 389 g/mol. The second-order valence-electron chi connectivity index (χ2n) is 7.88. The van der Waals surface area contributed by atoms with Crippen LogP contribution < -0.4 is 27.2 Å². The van der Waals surface area contributed by atoms with Crippen molar-refractivity contribution in [1.29, 1.82) is 0 Å². The van der Waals surface area contributed by atoms with Gasteiger partial charge in [0.05, 0.1) is 29.2 Å². The molecule has 0 bridgehead atoms. The number of nitrogens with one attached hydrogen (secondary N) is 1. The van der Waals surface area contributed by atoms with Gasteiger partial charge >= 0.3 is 0 Å². The van der Waals surface area contributed by atoms with Crippen molar-refractivity contribution in [2.24, 2.45) is 7.05 Å². The van der Waals surface area contributed by atoms with E-state index in [0.29, 0.717) is 22.3 Å². The van der Waals surface area contributed by atoms with Crippen LogP contribution >= 0.6 is 0 Å². The van der Waals surface area contributed by atoms with Crippen molar-refractivity contribution >= 4 is 75.9 Å². The number of carbonyl (C=O) groups is 1. The largest absolute Gasteiger partial charge is 0.331 e. The van der Waals surface area contributed by atoms with Crippen LogP contribution in [0.1, 0.15) is 16.2 Å². The van der Waals surface area contributed by atoms with Gasteiger partial charge in [0.1, 0.15) is 48.8 Å². The lowest BCUT2D eigenvalue weighted by molar-refractivity contribution is 0.102. The molecule has 0 radical (unpaired) electrons. The lowest BCUT2D eigenvalue weighted by atomic mass is 9.65. The van der Waals surface area contributed by atoms with Crippen molar-refractivity contribution < 1.29 is 9.18 Å². The van der Waals surface area contributed by atoms with Crippen LogP contribution in [0.15, 0.2) is 30.7 Å². The molecule has 0 aliphatic rings. The van der Waals surface area contributed by atoms with Gasteiger partial charge in [-0.15, -0.1) is 5.46 Å². The van der Waals surface area contributed by atoms with Gasteiger partial charge in [0.15, 0.2) is 0 Å². The van der Waals surface area contributed by atoms with Crippen molar-refractivity contribution in [3.05, 3.63) is 47.9 Å². The number of pyridine rings is 2. The van der Waals surface area contributed by atoms with Gasteiger partial charge < -0.3 is 9.88 Å². The fraction of sp³-hybridized carbons (Fsp3) is 0.100. The zero-order chi connectivity index (χ0) is 22.4. The summed E-state index contributed by atoms with van der Waals surface area (Å²) in [6.07, 6.45) is 5.17. The molecule has 0 unspecified atom stereocenters. The second kappa shape index (κ2) is 7.72. The number of aromatic nitrogens is 4. The van der Waals surface area contributed by atoms with Gasteiger partial charge in [-0.1, -0.05) is 16.4 Å². The van der Waals surface area contributed by atoms with E-state index in [-0.39, 0.29) is 5.56 Å². The van der Waals surface area contributed by atoms with Gasteiger partial charge in [-0.3, -0.25) is 9.78 Å². The molecule has 0 saturated heterocycles. The topological polar surface area (TPSA) is 72.7 Å². The maximum absolute atomic E-state index is 14.9. The number of aryl methyl sites for hydroxylation is 1. The van der Waals surface area contributed by atoms with E-state index in [1.807, 2.05) is 40.3 Å². The number of rotatable bonds is 3. The van der Waals surface area contributed by atoms with E-state index < -0.39 is 11.7 Å². The van der Waals surface area contributed by atoms with E-state index >= 15 is 0 Å². The molecule has 3 heterocycles. The SMILES string of the molecule is Bc1c(B)c(B)c(C(=O)Nc2cc3cc(-c4cnc(C)n4C)cnc3cn2)c(F)c1B. The maximum Gasteiger partial charge on any atom is 0.259 e. The molecule has 1 aromatic carbocycles. The Morgan fingerprint density at radius 1 is 0.968 bits per heavy atom. The molecule has 0 atom stereocenters. The van der Waals surface area contributed by atoms with Crippen molar-refractivity contribution in [1.82, 2.24) is 19.5 Å². The van der Waals surface area contributed by atoms with E-state index in [4.69, 9.17) is 0 Å². The molecule has 31 heavy (non-hydrogen) atoms. The Kier molecular flexibility index (Phi) is 5.21. The minimum Gasteiger partial charge on any atom is -0.331 e. The molecule has 4 aromatic rings. The average Bonchev–Trinajstić information content (AvgIpc) is 3.09. The molecule has 0 fully saturated rings. The summed E-state index contributed by atoms with van der Waals surface area (Å²) in [6, 6.07) is 3.72. The van der Waals surface area contributed by atoms with E-state index in [2.05, 4.69) is 20.3 Å². The summed E-state index contributed by atoms with van der Waals surface area (Å²) in [5, 5.41) is 3.56. The first kappa shape index (κ1) is 20.9. The van der Waals surface area contributed by atoms with Crippen LogP contribution in [0.5, 0.6) is 0 Å². The molecule has 1 amide bonds. The zero-order valence-electron chi connectivity index (χ0n) is 18.5. The molecule has 6 nitrogen and oxygen atoms in total. The highest BCUT2D eigenvalue weighted by Gasteiger charge is 2.20. The Balaban J connectivity index is 1.71. The number of fused-ring (bicyclic) bond motifs is 1. The Morgan fingerprint density at radius 2 is 1.68 bits per heavy atom. The quantitative estimate of drug-likeness (QED) is 0.362. The number of benzene rings is 1. The number of imidazole rings is 1. The normalized spacial score (nSPS) is 11.1. The molecule has 4 rings (SSSR count). The van der Waals surface area contributed by atoms with Crippen molar-refractivity contribution in [3.8, 4) is 11.3 Å². The first-order chi connectivity index (χ1) is 14.7. The molecule has 0 aliphatic carbocycles. The zero-order valence-corrected chi connectivity index (χ0v) is 18.5. The Labute approximate surface area is 183 Å². The number of hydrogen-bond donors (Lipinski definition) is 1. The van der Waals surface area contributed by atoms with Crippen LogP contribution in [0.4, 0.5) is 10.2 Å². The number of anilines is 1. The van der Waals surface area contributed by atoms with Crippen LogP contribution in [0, 0.1) is 12.7 Å². The summed E-state index contributed by atoms with van der Waals surface area (Å²) in [6.45, 7) is 1.94. The lowest BCUT2D eigenvalue weighted by Crippen LogP contribution is -2.52. The van der Waals surface area contributed by atoms with Crippen molar-refractivity contribution in [2.75, 3.05) is 5.32 Å². The summed E-state index contributed by atoms with van der Waals surface area (Å²) in [4.78, 5) is 26.0. The summed E-state index contributed by atoms with van der Waals surface area (Å²) < 4.78 is 16.9. The van der Waals surface area contributed by atoms with E-state index in [0.717, 1.165) is 33.4 Å². The third-order valence-electron chi connectivity index (χ3n) is 6.16. The predicted molar refractivity (Wildman–Crippen MR) is 134 cm³/mol. The van der Waals surface area contributed by atoms with Crippen LogP contribution in [0.2, 0.25) is 0 Å². The fourth-order valence-electron chi connectivity index (χ4n) is 3.73. The molecule has 11 heteroatoms. The predicted octanol–water partition coefficient (Wildman–Crippen LogP) is -3.24. The first-order valence-electron chi connectivity index (χ1n) is 10.0. The number of carbonyl (C=O) groups excluding carboxylic acids is 1. The van der Waals surface area contributed by atoms with Gasteiger partial charge in [-0.05, 0) is 19.1 Å². The number of amides is 1. The van der Waals surface area contributed by atoms with Gasteiger partial charge in [0.25, 0.3) is 5.91 Å². The van der Waals surface area contributed by atoms with Crippen LogP contribution in [0.3, 0.4) is 0 Å². The number of halogens is 1. The van der Waals surface area contributed by atoms with Gasteiger partial charge in [-0.25, -0.2) is 14.4 Å². The average molecular weight is 409 g/mol. The minimum atomic E-state index is -0.514. The Morgan fingerprint density at radius 3 is 2.35 bits per heavy atom. The summed E-state index contributed by atoms with van der Waals surface area (Å²) >= 11 is 0. The first-order valence-corrected chi connectivity index (χ1v) is 10.0. The van der Waals surface area contributed by atoms with E-state index in [1.54, 1.807) is 40.3 Å². The van der Waals surface area contributed by atoms with Crippen molar-refractivity contribution in [2.45, 2.75) is 6.92 Å². The molecule has 3 aromatic heterocycles. The number of nitrogens with zero attached hydrogens (tertiary/aromatic N) is 4. The van der Waals surface area contributed by atoms with E-state index in [1.165, 1.54) is 0 Å². The lowest BCUT2D eigenvalue weighted by Gasteiger charge is -2.17. The molecule has 0 aliphatic heterocycles. The highest BCUT2D eigenvalue weighted by molar-refractivity contribution is 6.63. The summed E-state index contributed by atoms with van der Waals surface area (Å²) in [7, 11) is 9.16. The van der Waals surface area contributed by atoms with Crippen molar-refractivity contribution in [3.63, 3.8) is 0 Å². The standard InChI is InChI=1S/C20H20B4FN5O/c1-8-26-7-12(30(8)2)10-3-9-4-13(28-6-11(9)27-5-10)29-20(31)14-15(21)16(22)17(23)18(24)19(14)25/h3-7H,21-24H2,1-2H3,(H,28,29,31). The summed E-state index contributed by atoms with van der Waals surface area (Å²) in [5.74, 6) is 0.236. The monoisotopic (exact) mass is 409 g/mol. The fourth-order valence-corrected chi connectivity index (χ4v) is 3.73. The molecular formula is C20H20B4FN5O. The maximum atomic E-state index is 14.9. The minimum absolute atomic E-state index is 0.0553. The van der Waals surface area contributed by atoms with Crippen LogP contribution in [-0.4, -0.2) is 56.8 Å². The van der Waals surface area contributed by atoms with Gasteiger partial charge in [0.2, 0.25) is 0 Å². The third-order valence-corrected chi connectivity index (χ3v) is 6.16. The molecule has 0 saturated carbocycles. The van der Waals surface area contributed by atoms with Gasteiger partial charge in [-0.2, -0.15) is 0 Å². The number of hydrogen-bond acceptors (Lipinski definition) is 4. The van der Waals surface area contributed by atoms with E-state index in [9.17, 15) is 9.18 Å². The summed E-state index contributed by atoms with van der Waals surface area (Å²) in [5.41, 5.74) is 5.50. The van der Waals surface area contributed by atoms with Crippen LogP contribution in [0.25, 0.3) is 22.2 Å². The highest BCUT2D eigenvalue weighted by Crippen LogP contribution is 2.24. The smallest absolute Gasteiger partial charge is 0.259 e. The van der Waals surface area contributed by atoms with Gasteiger partial charge in [0, 0.05) is 24.2 Å².